The normalized spacial score (nSPS) is 14.2. The van der Waals surface area contributed by atoms with Crippen LogP contribution in [0.1, 0.15) is 29.5 Å². The fourth-order valence-electron chi connectivity index (χ4n) is 2.54. The fraction of sp³-hybridized carbons (Fsp3) is 0.368. The Balaban J connectivity index is 1.58. The van der Waals surface area contributed by atoms with Gasteiger partial charge in [0.2, 0.25) is 0 Å². The zero-order valence-electron chi connectivity index (χ0n) is 13.0. The molecule has 1 aliphatic carbocycles. The second kappa shape index (κ2) is 6.31. The molecule has 2 aromatic rings. The van der Waals surface area contributed by atoms with E-state index < -0.39 is 0 Å². The fourth-order valence-corrected chi connectivity index (χ4v) is 2.54. The highest BCUT2D eigenvalue weighted by Gasteiger charge is 2.19. The van der Waals surface area contributed by atoms with Crippen LogP contribution >= 0.6 is 0 Å². The molecule has 21 heavy (non-hydrogen) atoms. The van der Waals surface area contributed by atoms with E-state index >= 15 is 0 Å². The molecule has 0 amide bonds. The van der Waals surface area contributed by atoms with Crippen molar-refractivity contribution in [2.75, 3.05) is 11.9 Å². The summed E-state index contributed by atoms with van der Waals surface area (Å²) in [5.41, 5.74) is 5.31. The van der Waals surface area contributed by atoms with Crippen LogP contribution in [-0.2, 0) is 13.1 Å². The third kappa shape index (κ3) is 4.08. The lowest BCUT2D eigenvalue weighted by Gasteiger charge is -2.20. The lowest BCUT2D eigenvalue weighted by Crippen LogP contribution is -2.17. The summed E-state index contributed by atoms with van der Waals surface area (Å²) in [7, 11) is 2.15. The summed E-state index contributed by atoms with van der Waals surface area (Å²) in [6.07, 6.45) is 2.69. The third-order valence-corrected chi connectivity index (χ3v) is 4.06. The molecule has 1 fully saturated rings. The standard InChI is InChI=1S/C19H24N2/c1-15-4-3-5-19(12-15)21(2)14-17-8-6-16(7-9-17)13-20-18-10-11-18/h3-9,12,18,20H,10-11,13-14H2,1-2H3. The molecular formula is C19H24N2. The molecule has 2 nitrogen and oxygen atoms in total. The van der Waals surface area contributed by atoms with Gasteiger partial charge in [-0.3, -0.25) is 0 Å². The minimum absolute atomic E-state index is 0.775. The maximum Gasteiger partial charge on any atom is 0.0426 e. The summed E-state index contributed by atoms with van der Waals surface area (Å²) < 4.78 is 0. The number of hydrogen-bond acceptors (Lipinski definition) is 2. The molecule has 2 aromatic carbocycles. The minimum atomic E-state index is 0.775. The average Bonchev–Trinajstić information content (AvgIpc) is 3.31. The van der Waals surface area contributed by atoms with E-state index in [2.05, 4.69) is 72.7 Å². The molecule has 0 bridgehead atoms. The Hall–Kier alpha value is -1.80. The van der Waals surface area contributed by atoms with E-state index in [0.29, 0.717) is 0 Å². The van der Waals surface area contributed by atoms with Gasteiger partial charge < -0.3 is 10.2 Å². The van der Waals surface area contributed by atoms with E-state index in [4.69, 9.17) is 0 Å². The maximum atomic E-state index is 3.55. The highest BCUT2D eigenvalue weighted by atomic mass is 15.1. The Morgan fingerprint density at radius 3 is 2.43 bits per heavy atom. The Bertz CT molecular complexity index is 585. The zero-order chi connectivity index (χ0) is 14.7. The van der Waals surface area contributed by atoms with E-state index in [0.717, 1.165) is 19.1 Å². The van der Waals surface area contributed by atoms with Crippen molar-refractivity contribution in [2.45, 2.75) is 38.9 Å². The first kappa shape index (κ1) is 14.2. The van der Waals surface area contributed by atoms with Crippen LogP contribution < -0.4 is 10.2 Å². The summed E-state index contributed by atoms with van der Waals surface area (Å²) in [5, 5.41) is 3.55. The second-order valence-electron chi connectivity index (χ2n) is 6.17. The highest BCUT2D eigenvalue weighted by molar-refractivity contribution is 5.48. The van der Waals surface area contributed by atoms with Crippen molar-refractivity contribution in [1.29, 1.82) is 0 Å². The number of anilines is 1. The first-order valence-corrected chi connectivity index (χ1v) is 7.80. The summed E-state index contributed by atoms with van der Waals surface area (Å²) in [6.45, 7) is 4.08. The topological polar surface area (TPSA) is 15.3 Å². The maximum absolute atomic E-state index is 3.55. The highest BCUT2D eigenvalue weighted by Crippen LogP contribution is 2.20. The molecule has 1 aliphatic rings. The van der Waals surface area contributed by atoms with Crippen molar-refractivity contribution < 1.29 is 0 Å². The molecule has 110 valence electrons. The van der Waals surface area contributed by atoms with Crippen molar-refractivity contribution >= 4 is 5.69 Å². The van der Waals surface area contributed by atoms with E-state index in [1.165, 1.54) is 35.2 Å². The first-order valence-electron chi connectivity index (χ1n) is 7.80. The Morgan fingerprint density at radius 1 is 1.05 bits per heavy atom. The van der Waals surface area contributed by atoms with Gasteiger partial charge in [0.15, 0.2) is 0 Å². The second-order valence-corrected chi connectivity index (χ2v) is 6.17. The molecule has 1 N–H and O–H groups in total. The van der Waals surface area contributed by atoms with Crippen molar-refractivity contribution in [2.24, 2.45) is 0 Å². The molecule has 0 aliphatic heterocycles. The molecule has 0 spiro atoms. The van der Waals surface area contributed by atoms with Gasteiger partial charge in [0, 0.05) is 31.9 Å². The van der Waals surface area contributed by atoms with Gasteiger partial charge in [-0.1, -0.05) is 36.4 Å². The van der Waals surface area contributed by atoms with Crippen LogP contribution in [0, 0.1) is 6.92 Å². The zero-order valence-corrected chi connectivity index (χ0v) is 13.0. The predicted octanol–water partition coefficient (Wildman–Crippen LogP) is 3.88. The number of rotatable bonds is 6. The lowest BCUT2D eigenvalue weighted by molar-refractivity contribution is 0.687. The van der Waals surface area contributed by atoms with Gasteiger partial charge in [-0.15, -0.1) is 0 Å². The van der Waals surface area contributed by atoms with E-state index in [1.54, 1.807) is 0 Å². The molecule has 0 saturated heterocycles. The summed E-state index contributed by atoms with van der Waals surface area (Å²) in [4.78, 5) is 2.30. The third-order valence-electron chi connectivity index (χ3n) is 4.06. The van der Waals surface area contributed by atoms with E-state index in [-0.39, 0.29) is 0 Å². The summed E-state index contributed by atoms with van der Waals surface area (Å²) in [6, 6.07) is 18.4. The van der Waals surface area contributed by atoms with Crippen molar-refractivity contribution in [3.63, 3.8) is 0 Å². The molecule has 0 unspecified atom stereocenters. The monoisotopic (exact) mass is 280 g/mol. The van der Waals surface area contributed by atoms with Crippen LogP contribution in [0.4, 0.5) is 5.69 Å². The van der Waals surface area contributed by atoms with Gasteiger partial charge in [-0.05, 0) is 48.6 Å². The van der Waals surface area contributed by atoms with Gasteiger partial charge in [0.1, 0.15) is 0 Å². The molecule has 2 heteroatoms. The molecule has 0 heterocycles. The van der Waals surface area contributed by atoms with Crippen LogP contribution in [0.5, 0.6) is 0 Å². The number of nitrogens with zero attached hydrogens (tertiary/aromatic N) is 1. The molecule has 0 atom stereocenters. The number of nitrogens with one attached hydrogen (secondary N) is 1. The van der Waals surface area contributed by atoms with Crippen LogP contribution in [0.2, 0.25) is 0 Å². The Morgan fingerprint density at radius 2 is 1.76 bits per heavy atom. The molecular weight excluding hydrogens is 256 g/mol. The van der Waals surface area contributed by atoms with Crippen LogP contribution in [-0.4, -0.2) is 13.1 Å². The molecule has 3 rings (SSSR count). The molecule has 1 saturated carbocycles. The van der Waals surface area contributed by atoms with Gasteiger partial charge in [0.25, 0.3) is 0 Å². The summed E-state index contributed by atoms with van der Waals surface area (Å²) in [5.74, 6) is 0. The van der Waals surface area contributed by atoms with E-state index in [1.807, 2.05) is 0 Å². The average molecular weight is 280 g/mol. The smallest absolute Gasteiger partial charge is 0.0426 e. The van der Waals surface area contributed by atoms with Gasteiger partial charge in [0.05, 0.1) is 0 Å². The van der Waals surface area contributed by atoms with Crippen molar-refractivity contribution in [3.05, 3.63) is 65.2 Å². The summed E-state index contributed by atoms with van der Waals surface area (Å²) >= 11 is 0. The van der Waals surface area contributed by atoms with Crippen LogP contribution in [0.3, 0.4) is 0 Å². The first-order chi connectivity index (χ1) is 10.2. The quantitative estimate of drug-likeness (QED) is 0.863. The van der Waals surface area contributed by atoms with Crippen molar-refractivity contribution in [1.82, 2.24) is 5.32 Å². The van der Waals surface area contributed by atoms with Crippen LogP contribution in [0.25, 0.3) is 0 Å². The van der Waals surface area contributed by atoms with Crippen molar-refractivity contribution in [3.8, 4) is 0 Å². The SMILES string of the molecule is Cc1cccc(N(C)Cc2ccc(CNC3CC3)cc2)c1. The van der Waals surface area contributed by atoms with E-state index in [9.17, 15) is 0 Å². The largest absolute Gasteiger partial charge is 0.370 e. The number of hydrogen-bond donors (Lipinski definition) is 1. The Kier molecular flexibility index (Phi) is 4.26. The predicted molar refractivity (Wildman–Crippen MR) is 89.6 cm³/mol. The molecule has 0 radical (unpaired) electrons. The van der Waals surface area contributed by atoms with Gasteiger partial charge >= 0.3 is 0 Å². The van der Waals surface area contributed by atoms with Gasteiger partial charge in [-0.25, -0.2) is 0 Å². The molecule has 0 aromatic heterocycles. The Labute approximate surface area is 127 Å². The lowest BCUT2D eigenvalue weighted by atomic mass is 10.1. The number of aryl methyl sites for hydroxylation is 1. The minimum Gasteiger partial charge on any atom is -0.370 e. The van der Waals surface area contributed by atoms with Crippen LogP contribution in [0.15, 0.2) is 48.5 Å². The van der Waals surface area contributed by atoms with Gasteiger partial charge in [-0.2, -0.15) is 0 Å². The number of benzene rings is 2.